The quantitative estimate of drug-likeness (QED) is 0.626. The van der Waals surface area contributed by atoms with Crippen LogP contribution in [0, 0.1) is 20.8 Å². The average Bonchev–Trinajstić information content (AvgIpc) is 3.22. The molecule has 0 saturated carbocycles. The normalized spacial score (nSPS) is 11.9. The van der Waals surface area contributed by atoms with Gasteiger partial charge < -0.3 is 10.1 Å². The zero-order chi connectivity index (χ0) is 21.1. The predicted octanol–water partition coefficient (Wildman–Crippen LogP) is 3.58. The first-order valence-corrected chi connectivity index (χ1v) is 10.1. The summed E-state index contributed by atoms with van der Waals surface area (Å²) < 4.78 is 6.98. The Kier molecular flexibility index (Phi) is 6.12. The minimum Gasteiger partial charge on any atom is -0.452 e. The molecule has 2 aromatic heterocycles. The zero-order valence-electron chi connectivity index (χ0n) is 17.1. The molecule has 0 radical (unpaired) electrons. The van der Waals surface area contributed by atoms with Gasteiger partial charge in [0.05, 0.1) is 29.2 Å². The lowest BCUT2D eigenvalue weighted by Crippen LogP contribution is -2.30. The molecule has 3 aromatic rings. The number of aryl methyl sites for hydroxylation is 3. The molecular formula is C21H24N4O3S. The van der Waals surface area contributed by atoms with Gasteiger partial charge in [-0.25, -0.2) is 4.98 Å². The maximum absolute atomic E-state index is 12.4. The van der Waals surface area contributed by atoms with Crippen LogP contribution in [0.2, 0.25) is 0 Å². The van der Waals surface area contributed by atoms with Gasteiger partial charge in [0.15, 0.2) is 6.10 Å². The molecule has 0 spiro atoms. The van der Waals surface area contributed by atoms with Crippen molar-refractivity contribution in [2.75, 3.05) is 5.32 Å². The van der Waals surface area contributed by atoms with Gasteiger partial charge in [-0.05, 0) is 27.7 Å². The van der Waals surface area contributed by atoms with Crippen LogP contribution in [-0.4, -0.2) is 32.7 Å². The summed E-state index contributed by atoms with van der Waals surface area (Å²) in [5.74, 6) is -0.885. The Hall–Kier alpha value is -3.00. The molecule has 0 aliphatic carbocycles. The van der Waals surface area contributed by atoms with Gasteiger partial charge in [0.1, 0.15) is 5.01 Å². The van der Waals surface area contributed by atoms with E-state index < -0.39 is 18.0 Å². The van der Waals surface area contributed by atoms with Crippen molar-refractivity contribution in [1.82, 2.24) is 14.8 Å². The van der Waals surface area contributed by atoms with Gasteiger partial charge in [-0.2, -0.15) is 5.10 Å². The smallest absolute Gasteiger partial charge is 0.312 e. The van der Waals surface area contributed by atoms with Crippen LogP contribution < -0.4 is 5.32 Å². The van der Waals surface area contributed by atoms with Crippen LogP contribution in [0.3, 0.4) is 0 Å². The molecule has 0 saturated heterocycles. The summed E-state index contributed by atoms with van der Waals surface area (Å²) in [5, 5.41) is 9.73. The van der Waals surface area contributed by atoms with Crippen molar-refractivity contribution in [3.05, 3.63) is 52.3 Å². The molecule has 0 aliphatic heterocycles. The Bertz CT molecular complexity index is 1040. The first-order chi connectivity index (χ1) is 13.7. The molecule has 0 aliphatic rings. The molecule has 8 heteroatoms. The summed E-state index contributed by atoms with van der Waals surface area (Å²) in [6.07, 6.45) is -0.901. The van der Waals surface area contributed by atoms with Crippen LogP contribution in [-0.2, 0) is 27.8 Å². The van der Waals surface area contributed by atoms with Crippen LogP contribution in [0.15, 0.2) is 29.6 Å². The Labute approximate surface area is 173 Å². The van der Waals surface area contributed by atoms with E-state index in [2.05, 4.69) is 15.4 Å². The summed E-state index contributed by atoms with van der Waals surface area (Å²) in [6, 6.07) is 8.06. The highest BCUT2D eigenvalue weighted by atomic mass is 32.1. The van der Waals surface area contributed by atoms with Crippen LogP contribution in [0.4, 0.5) is 5.69 Å². The Morgan fingerprint density at radius 3 is 2.52 bits per heavy atom. The highest BCUT2D eigenvalue weighted by Crippen LogP contribution is 2.24. The van der Waals surface area contributed by atoms with Gasteiger partial charge in [0.2, 0.25) is 0 Å². The van der Waals surface area contributed by atoms with Crippen molar-refractivity contribution in [3.8, 4) is 10.6 Å². The summed E-state index contributed by atoms with van der Waals surface area (Å²) in [4.78, 5) is 29.1. The van der Waals surface area contributed by atoms with Gasteiger partial charge >= 0.3 is 5.97 Å². The van der Waals surface area contributed by atoms with Crippen molar-refractivity contribution in [1.29, 1.82) is 0 Å². The molecule has 0 unspecified atom stereocenters. The third kappa shape index (κ3) is 4.89. The number of benzene rings is 1. The number of esters is 1. The van der Waals surface area contributed by atoms with E-state index in [1.54, 1.807) is 18.7 Å². The van der Waals surface area contributed by atoms with E-state index in [0.717, 1.165) is 16.3 Å². The Morgan fingerprint density at radius 2 is 1.90 bits per heavy atom. The molecule has 1 aromatic carbocycles. The van der Waals surface area contributed by atoms with E-state index in [1.165, 1.54) is 16.9 Å². The number of nitrogens with zero attached hydrogens (tertiary/aromatic N) is 3. The monoisotopic (exact) mass is 412 g/mol. The number of carbonyl (C=O) groups excluding carboxylic acids is 2. The second-order valence-electron chi connectivity index (χ2n) is 6.98. The van der Waals surface area contributed by atoms with Crippen molar-refractivity contribution in [3.63, 3.8) is 0 Å². The number of anilines is 1. The van der Waals surface area contributed by atoms with E-state index in [0.29, 0.717) is 17.1 Å². The fourth-order valence-electron chi connectivity index (χ4n) is 2.84. The van der Waals surface area contributed by atoms with Gasteiger partial charge in [0.25, 0.3) is 5.91 Å². The largest absolute Gasteiger partial charge is 0.452 e. The van der Waals surface area contributed by atoms with Crippen LogP contribution in [0.25, 0.3) is 10.6 Å². The average molecular weight is 413 g/mol. The van der Waals surface area contributed by atoms with Crippen molar-refractivity contribution < 1.29 is 14.3 Å². The third-order valence-electron chi connectivity index (χ3n) is 4.61. The van der Waals surface area contributed by atoms with Crippen molar-refractivity contribution in [2.24, 2.45) is 7.05 Å². The fourth-order valence-corrected chi connectivity index (χ4v) is 3.66. The highest BCUT2D eigenvalue weighted by molar-refractivity contribution is 7.13. The summed E-state index contributed by atoms with van der Waals surface area (Å²) in [5.41, 5.74) is 5.00. The second kappa shape index (κ2) is 8.57. The lowest BCUT2D eigenvalue weighted by Gasteiger charge is -2.13. The molecule has 1 amide bonds. The van der Waals surface area contributed by atoms with E-state index in [1.807, 2.05) is 50.4 Å². The third-order valence-corrected chi connectivity index (χ3v) is 5.55. The van der Waals surface area contributed by atoms with E-state index in [-0.39, 0.29) is 6.42 Å². The van der Waals surface area contributed by atoms with Gasteiger partial charge in [-0.3, -0.25) is 14.3 Å². The van der Waals surface area contributed by atoms with Crippen LogP contribution in [0.1, 0.15) is 29.6 Å². The predicted molar refractivity (Wildman–Crippen MR) is 113 cm³/mol. The minimum atomic E-state index is -0.920. The first kappa shape index (κ1) is 20.7. The number of hydrogen-bond acceptors (Lipinski definition) is 6. The van der Waals surface area contributed by atoms with E-state index >= 15 is 0 Å². The van der Waals surface area contributed by atoms with E-state index in [9.17, 15) is 9.59 Å². The number of nitrogens with one attached hydrogen (secondary N) is 1. The Morgan fingerprint density at radius 1 is 1.21 bits per heavy atom. The van der Waals surface area contributed by atoms with Crippen LogP contribution >= 0.6 is 11.3 Å². The molecule has 0 fully saturated rings. The molecule has 29 heavy (non-hydrogen) atoms. The second-order valence-corrected chi connectivity index (χ2v) is 7.84. The van der Waals surface area contributed by atoms with Gasteiger partial charge in [-0.1, -0.05) is 29.8 Å². The molecule has 152 valence electrons. The Balaban J connectivity index is 1.57. The number of aromatic nitrogens is 3. The lowest BCUT2D eigenvalue weighted by atomic mass is 10.2. The number of amides is 1. The fraction of sp³-hybridized carbons (Fsp3) is 0.333. The van der Waals surface area contributed by atoms with Gasteiger partial charge in [-0.15, -0.1) is 11.3 Å². The number of carbonyl (C=O) groups is 2. The zero-order valence-corrected chi connectivity index (χ0v) is 18.0. The topological polar surface area (TPSA) is 86.1 Å². The SMILES string of the molecule is Cc1ccc(-c2nc(CC(=O)O[C@@H](C)C(=O)Nc3c(C)nn(C)c3C)cs2)cc1. The van der Waals surface area contributed by atoms with E-state index in [4.69, 9.17) is 4.74 Å². The lowest BCUT2D eigenvalue weighted by molar-refractivity contribution is -0.152. The molecular weight excluding hydrogens is 388 g/mol. The first-order valence-electron chi connectivity index (χ1n) is 9.26. The van der Waals surface area contributed by atoms with Crippen LogP contribution in [0.5, 0.6) is 0 Å². The summed E-state index contributed by atoms with van der Waals surface area (Å²) in [7, 11) is 1.81. The highest BCUT2D eigenvalue weighted by Gasteiger charge is 2.21. The number of ether oxygens (including phenoxy) is 1. The maximum Gasteiger partial charge on any atom is 0.312 e. The summed E-state index contributed by atoms with van der Waals surface area (Å²) in [6.45, 7) is 7.25. The molecule has 2 heterocycles. The minimum absolute atomic E-state index is 0.0188. The molecule has 3 rings (SSSR count). The molecule has 0 bridgehead atoms. The standard InChI is InChI=1S/C21H24N4O3S/c1-12-6-8-16(9-7-12)21-22-17(11-29-21)10-18(26)28-15(4)20(27)23-19-13(2)24-25(5)14(19)3/h6-9,11,15H,10H2,1-5H3,(H,23,27)/t15-/m0/s1. The van der Waals surface area contributed by atoms with Gasteiger partial charge in [0, 0.05) is 18.0 Å². The maximum atomic E-state index is 12.4. The van der Waals surface area contributed by atoms with Crippen molar-refractivity contribution in [2.45, 2.75) is 40.2 Å². The molecule has 1 atom stereocenters. The molecule has 1 N–H and O–H groups in total. The molecule has 7 nitrogen and oxygen atoms in total. The number of hydrogen-bond donors (Lipinski definition) is 1. The van der Waals surface area contributed by atoms with Crippen molar-refractivity contribution >= 4 is 28.9 Å². The number of rotatable bonds is 6. The number of thiazole rings is 1. The summed E-state index contributed by atoms with van der Waals surface area (Å²) >= 11 is 1.48.